The summed E-state index contributed by atoms with van der Waals surface area (Å²) in [4.78, 5) is 19.5. The Morgan fingerprint density at radius 2 is 2.00 bits per heavy atom. The van der Waals surface area contributed by atoms with Gasteiger partial charge in [0.25, 0.3) is 0 Å². The minimum Gasteiger partial charge on any atom is -0.495 e. The lowest BCUT2D eigenvalue weighted by Crippen LogP contribution is -2.53. The van der Waals surface area contributed by atoms with E-state index in [9.17, 15) is 4.79 Å². The third-order valence-corrected chi connectivity index (χ3v) is 7.73. The van der Waals surface area contributed by atoms with E-state index in [1.54, 1.807) is 19.2 Å². The number of halogens is 2. The van der Waals surface area contributed by atoms with Crippen LogP contribution in [-0.2, 0) is 4.79 Å². The van der Waals surface area contributed by atoms with Crippen LogP contribution in [0.25, 0.3) is 0 Å². The smallest absolute Gasteiger partial charge is 0.218 e. The molecule has 0 aromatic heterocycles. The van der Waals surface area contributed by atoms with Gasteiger partial charge in [0.15, 0.2) is 5.96 Å². The Kier molecular flexibility index (Phi) is 9.57. The third kappa shape index (κ3) is 7.30. The van der Waals surface area contributed by atoms with E-state index in [4.69, 9.17) is 38.7 Å². The van der Waals surface area contributed by atoms with Crippen LogP contribution >= 0.6 is 23.2 Å². The van der Waals surface area contributed by atoms with Crippen molar-refractivity contribution in [2.75, 3.05) is 32.1 Å². The number of methoxy groups -OCH3 is 1. The maximum Gasteiger partial charge on any atom is 0.218 e. The zero-order valence-corrected chi connectivity index (χ0v) is 23.1. The number of rotatable bonds is 7. The van der Waals surface area contributed by atoms with Gasteiger partial charge < -0.3 is 26.0 Å². The molecule has 200 valence electrons. The Balaban J connectivity index is 1.65. The van der Waals surface area contributed by atoms with Crippen LogP contribution in [-0.4, -0.2) is 55.6 Å². The van der Waals surface area contributed by atoms with Crippen LogP contribution in [0.4, 0.5) is 5.69 Å². The number of carbonyl (C=O) groups is 1. The van der Waals surface area contributed by atoms with Gasteiger partial charge in [-0.15, -0.1) is 0 Å². The van der Waals surface area contributed by atoms with Crippen molar-refractivity contribution in [3.05, 3.63) is 57.6 Å². The first-order chi connectivity index (χ1) is 17.8. The molecular formula is C28H37Cl2N5O2. The molecule has 2 aliphatic rings. The number of carbonyl (C=O) groups excluding carboxylic acids is 1. The molecule has 7 nitrogen and oxygen atoms in total. The number of primary amides is 1. The van der Waals surface area contributed by atoms with E-state index >= 15 is 0 Å². The number of hydrogen-bond donors (Lipinski definition) is 3. The number of amides is 1. The molecule has 1 saturated carbocycles. The highest BCUT2D eigenvalue weighted by Crippen LogP contribution is 2.38. The lowest BCUT2D eigenvalue weighted by atomic mass is 9.88. The molecule has 1 aliphatic carbocycles. The monoisotopic (exact) mass is 545 g/mol. The molecule has 2 fully saturated rings. The van der Waals surface area contributed by atoms with Crippen molar-refractivity contribution >= 4 is 40.8 Å². The van der Waals surface area contributed by atoms with Crippen LogP contribution in [0.1, 0.15) is 62.5 Å². The van der Waals surface area contributed by atoms with Crippen LogP contribution in [0.15, 0.2) is 41.4 Å². The number of ether oxygens (including phenoxy) is 1. The fourth-order valence-electron chi connectivity index (χ4n) is 5.24. The van der Waals surface area contributed by atoms with E-state index in [1.165, 1.54) is 19.3 Å². The van der Waals surface area contributed by atoms with Crippen LogP contribution in [0.3, 0.4) is 0 Å². The number of anilines is 1. The number of nitrogens with two attached hydrogens (primary N) is 1. The first kappa shape index (κ1) is 27.6. The van der Waals surface area contributed by atoms with Gasteiger partial charge in [-0.05, 0) is 55.2 Å². The molecule has 1 amide bonds. The summed E-state index contributed by atoms with van der Waals surface area (Å²) in [5.41, 5.74) is 8.12. The van der Waals surface area contributed by atoms with Gasteiger partial charge in [-0.3, -0.25) is 4.79 Å². The van der Waals surface area contributed by atoms with Gasteiger partial charge in [0, 0.05) is 48.1 Å². The van der Waals surface area contributed by atoms with Crippen molar-refractivity contribution in [1.82, 2.24) is 10.2 Å². The van der Waals surface area contributed by atoms with Crippen molar-refractivity contribution < 1.29 is 9.53 Å². The highest BCUT2D eigenvalue weighted by atomic mass is 35.5. The van der Waals surface area contributed by atoms with E-state index in [2.05, 4.69) is 22.5 Å². The molecule has 1 heterocycles. The van der Waals surface area contributed by atoms with Gasteiger partial charge in [-0.2, -0.15) is 0 Å². The highest BCUT2D eigenvalue weighted by molar-refractivity contribution is 6.35. The Morgan fingerprint density at radius 3 is 2.68 bits per heavy atom. The second-order valence-corrected chi connectivity index (χ2v) is 10.9. The van der Waals surface area contributed by atoms with E-state index in [-0.39, 0.29) is 12.3 Å². The summed E-state index contributed by atoms with van der Waals surface area (Å²) in [6, 6.07) is 11.9. The van der Waals surface area contributed by atoms with Gasteiger partial charge in [0.2, 0.25) is 5.91 Å². The van der Waals surface area contributed by atoms with Crippen molar-refractivity contribution in [2.45, 2.75) is 63.5 Å². The summed E-state index contributed by atoms with van der Waals surface area (Å²) in [5.74, 6) is 0.818. The van der Waals surface area contributed by atoms with E-state index < -0.39 is 5.91 Å². The number of piperazine rings is 1. The van der Waals surface area contributed by atoms with Crippen molar-refractivity contribution in [3.63, 3.8) is 0 Å². The van der Waals surface area contributed by atoms with E-state index in [1.807, 2.05) is 24.3 Å². The average molecular weight is 547 g/mol. The Bertz CT molecular complexity index is 1120. The molecular weight excluding hydrogens is 509 g/mol. The predicted octanol–water partition coefficient (Wildman–Crippen LogP) is 5.40. The molecule has 0 spiro atoms. The number of hydrogen-bond acceptors (Lipinski definition) is 4. The normalized spacial score (nSPS) is 19.9. The van der Waals surface area contributed by atoms with Crippen molar-refractivity contribution in [2.24, 2.45) is 10.7 Å². The molecule has 37 heavy (non-hydrogen) atoms. The molecule has 4 N–H and O–H groups in total. The Labute approximate surface area is 229 Å². The summed E-state index contributed by atoms with van der Waals surface area (Å²) in [6.07, 6.45) is 6.11. The summed E-state index contributed by atoms with van der Waals surface area (Å²) in [6.45, 7) is 4.88. The minimum atomic E-state index is -0.410. The lowest BCUT2D eigenvalue weighted by Gasteiger charge is -2.35. The van der Waals surface area contributed by atoms with E-state index in [0.29, 0.717) is 27.9 Å². The molecule has 1 unspecified atom stereocenters. The van der Waals surface area contributed by atoms with Crippen molar-refractivity contribution in [3.8, 4) is 5.75 Å². The van der Waals surface area contributed by atoms with Crippen LogP contribution < -0.4 is 21.1 Å². The van der Waals surface area contributed by atoms with Gasteiger partial charge in [-0.25, -0.2) is 4.99 Å². The van der Waals surface area contributed by atoms with Crippen LogP contribution in [0.2, 0.25) is 10.0 Å². The Morgan fingerprint density at radius 1 is 1.22 bits per heavy atom. The molecule has 2 aromatic carbocycles. The fraction of sp³-hybridized carbons (Fsp3) is 0.500. The van der Waals surface area contributed by atoms with E-state index in [0.717, 1.165) is 55.2 Å². The SMILES string of the molecule is COc1cc(C(CC(N)=O)c2ccc(Cl)cc2Cl)ccc1N/C(=N/C1CCCCC1)N1CCN[C@@H](C)C1. The zero-order valence-electron chi connectivity index (χ0n) is 21.6. The number of benzene rings is 2. The highest BCUT2D eigenvalue weighted by Gasteiger charge is 2.24. The molecule has 9 heteroatoms. The molecule has 2 atom stereocenters. The summed E-state index contributed by atoms with van der Waals surface area (Å²) >= 11 is 12.6. The Hall–Kier alpha value is -2.48. The summed E-state index contributed by atoms with van der Waals surface area (Å²) in [5, 5.41) is 8.13. The molecule has 1 saturated heterocycles. The maximum absolute atomic E-state index is 12.0. The molecule has 4 rings (SSSR count). The average Bonchev–Trinajstić information content (AvgIpc) is 2.88. The van der Waals surface area contributed by atoms with Gasteiger partial charge >= 0.3 is 0 Å². The number of nitrogens with one attached hydrogen (secondary N) is 2. The molecule has 2 aromatic rings. The van der Waals surface area contributed by atoms with Gasteiger partial charge in [0.1, 0.15) is 5.75 Å². The number of nitrogens with zero attached hydrogens (tertiary/aromatic N) is 2. The standard InChI is InChI=1S/C28H37Cl2N5O2/c1-18-17-35(13-12-32-18)28(33-21-6-4-3-5-7-21)34-25-11-8-19(14-26(25)37-2)23(16-27(31)36)22-10-9-20(29)15-24(22)30/h8-11,14-15,18,21,23,32H,3-7,12-13,16-17H2,1-2H3,(H2,31,36)(H,33,34)/t18-,23?/m0/s1. The molecule has 0 radical (unpaired) electrons. The first-order valence-corrected chi connectivity index (χ1v) is 13.8. The second kappa shape index (κ2) is 12.9. The minimum absolute atomic E-state index is 0.115. The molecule has 1 aliphatic heterocycles. The third-order valence-electron chi connectivity index (χ3n) is 7.17. The van der Waals surface area contributed by atoms with Crippen molar-refractivity contribution in [1.29, 1.82) is 0 Å². The number of guanidine groups is 1. The largest absolute Gasteiger partial charge is 0.495 e. The van der Waals surface area contributed by atoms with Gasteiger partial charge in [0.05, 0.1) is 18.8 Å². The number of aliphatic imine (C=N–C) groups is 1. The quantitative estimate of drug-likeness (QED) is 0.319. The second-order valence-electron chi connectivity index (χ2n) is 10.0. The molecule has 0 bridgehead atoms. The predicted molar refractivity (Wildman–Crippen MR) is 152 cm³/mol. The summed E-state index contributed by atoms with van der Waals surface area (Å²) in [7, 11) is 1.65. The van der Waals surface area contributed by atoms with Gasteiger partial charge in [-0.1, -0.05) is 54.6 Å². The maximum atomic E-state index is 12.0. The van der Waals surface area contributed by atoms with Crippen LogP contribution in [0.5, 0.6) is 5.75 Å². The summed E-state index contributed by atoms with van der Waals surface area (Å²) < 4.78 is 5.81. The zero-order chi connectivity index (χ0) is 26.4. The topological polar surface area (TPSA) is 92.0 Å². The lowest BCUT2D eigenvalue weighted by molar-refractivity contribution is -0.118. The fourth-order valence-corrected chi connectivity index (χ4v) is 5.78. The van der Waals surface area contributed by atoms with Crippen LogP contribution in [0, 0.1) is 0 Å². The first-order valence-electron chi connectivity index (χ1n) is 13.1.